The second kappa shape index (κ2) is 8.54. The van der Waals surface area contributed by atoms with Crippen LogP contribution in [0, 0.1) is 28.5 Å². The van der Waals surface area contributed by atoms with E-state index in [2.05, 4.69) is 17.5 Å². The summed E-state index contributed by atoms with van der Waals surface area (Å²) in [5.41, 5.74) is 9.04. The van der Waals surface area contributed by atoms with Gasteiger partial charge in [0.2, 0.25) is 0 Å². The molecule has 8 heteroatoms. The summed E-state index contributed by atoms with van der Waals surface area (Å²) in [5.74, 6) is -1.71. The third-order valence-corrected chi connectivity index (χ3v) is 6.33. The third kappa shape index (κ3) is 3.68. The standard InChI is InChI=1S/C24H17FN4O2S/c1-13-18(10-27)20(19-12-32-22-15(9-26)3-2-4-17(19)22)21(23(28)29-13)24(30)31-11-14-5-7-16(25)8-6-14/h2-8,12,20,29H,11,28H2,1H3. The molecule has 1 aromatic heterocycles. The van der Waals surface area contributed by atoms with Gasteiger partial charge in [0.15, 0.2) is 0 Å². The van der Waals surface area contributed by atoms with E-state index in [0.29, 0.717) is 28.0 Å². The molecule has 1 aliphatic heterocycles. The van der Waals surface area contributed by atoms with Crippen LogP contribution in [0.2, 0.25) is 0 Å². The van der Waals surface area contributed by atoms with Gasteiger partial charge in [0.05, 0.1) is 33.4 Å². The molecule has 158 valence electrons. The predicted molar refractivity (Wildman–Crippen MR) is 118 cm³/mol. The summed E-state index contributed by atoms with van der Waals surface area (Å²) >= 11 is 1.37. The number of benzene rings is 2. The molecule has 3 N–H and O–H groups in total. The summed E-state index contributed by atoms with van der Waals surface area (Å²) in [6.45, 7) is 1.64. The van der Waals surface area contributed by atoms with E-state index in [0.717, 1.165) is 10.1 Å². The van der Waals surface area contributed by atoms with Gasteiger partial charge in [0.25, 0.3) is 0 Å². The molecule has 0 bridgehead atoms. The first kappa shape index (κ1) is 21.1. The first-order valence-electron chi connectivity index (χ1n) is 9.64. The van der Waals surface area contributed by atoms with Crippen LogP contribution >= 0.6 is 11.3 Å². The van der Waals surface area contributed by atoms with Crippen molar-refractivity contribution in [1.29, 1.82) is 10.5 Å². The second-order valence-corrected chi connectivity index (χ2v) is 8.10. The summed E-state index contributed by atoms with van der Waals surface area (Å²) in [7, 11) is 0. The van der Waals surface area contributed by atoms with Crippen LogP contribution in [0.4, 0.5) is 4.39 Å². The molecule has 3 aromatic rings. The molecule has 2 heterocycles. The van der Waals surface area contributed by atoms with Gasteiger partial charge in [-0.2, -0.15) is 10.5 Å². The van der Waals surface area contributed by atoms with Crippen LogP contribution in [0.5, 0.6) is 0 Å². The molecular weight excluding hydrogens is 427 g/mol. The molecule has 4 rings (SSSR count). The zero-order valence-corrected chi connectivity index (χ0v) is 17.8. The van der Waals surface area contributed by atoms with Gasteiger partial charge < -0.3 is 15.8 Å². The largest absolute Gasteiger partial charge is 0.457 e. The van der Waals surface area contributed by atoms with Crippen LogP contribution in [0.1, 0.15) is 29.5 Å². The van der Waals surface area contributed by atoms with E-state index in [4.69, 9.17) is 10.5 Å². The van der Waals surface area contributed by atoms with Gasteiger partial charge in [-0.1, -0.05) is 24.3 Å². The van der Waals surface area contributed by atoms with E-state index in [1.54, 1.807) is 19.1 Å². The molecule has 0 saturated carbocycles. The van der Waals surface area contributed by atoms with Gasteiger partial charge in [-0.15, -0.1) is 11.3 Å². The molecule has 0 amide bonds. The molecule has 2 aromatic carbocycles. The molecule has 6 nitrogen and oxygen atoms in total. The number of dihydropyridines is 1. The molecule has 1 aliphatic rings. The number of ether oxygens (including phenoxy) is 1. The number of fused-ring (bicyclic) bond motifs is 1. The highest BCUT2D eigenvalue weighted by Crippen LogP contribution is 2.43. The molecular formula is C24H17FN4O2S. The summed E-state index contributed by atoms with van der Waals surface area (Å²) in [6.07, 6.45) is 0. The van der Waals surface area contributed by atoms with Crippen LogP contribution < -0.4 is 11.1 Å². The average Bonchev–Trinajstić information content (AvgIpc) is 3.22. The highest BCUT2D eigenvalue weighted by atomic mass is 32.1. The Labute approximate surface area is 187 Å². The number of hydrogen-bond donors (Lipinski definition) is 2. The van der Waals surface area contributed by atoms with Crippen molar-refractivity contribution in [2.24, 2.45) is 5.73 Å². The number of nitriles is 2. The Hall–Kier alpha value is -4.14. The van der Waals surface area contributed by atoms with Crippen molar-refractivity contribution in [2.75, 3.05) is 0 Å². The number of nitrogens with one attached hydrogen (secondary N) is 1. The minimum absolute atomic E-state index is 0.0733. The Bertz CT molecular complexity index is 1370. The number of nitrogens with zero attached hydrogens (tertiary/aromatic N) is 2. The summed E-state index contributed by atoms with van der Waals surface area (Å²) < 4.78 is 19.4. The van der Waals surface area contributed by atoms with Crippen LogP contribution in [0.15, 0.2) is 70.5 Å². The van der Waals surface area contributed by atoms with Crippen LogP contribution in [-0.4, -0.2) is 5.97 Å². The Morgan fingerprint density at radius 2 is 1.97 bits per heavy atom. The quantitative estimate of drug-likeness (QED) is 0.580. The van der Waals surface area contributed by atoms with Crippen molar-refractivity contribution in [3.05, 3.63) is 93.0 Å². The number of nitrogens with two attached hydrogens (primary N) is 1. The maximum Gasteiger partial charge on any atom is 0.339 e. The fourth-order valence-corrected chi connectivity index (χ4v) is 4.80. The topological polar surface area (TPSA) is 112 Å². The molecule has 1 atom stereocenters. The third-order valence-electron chi connectivity index (χ3n) is 5.28. The summed E-state index contributed by atoms with van der Waals surface area (Å²) in [5, 5.41) is 24.8. The lowest BCUT2D eigenvalue weighted by Gasteiger charge is -2.27. The minimum atomic E-state index is -0.746. The van der Waals surface area contributed by atoms with E-state index in [1.165, 1.54) is 35.6 Å². The van der Waals surface area contributed by atoms with Crippen molar-refractivity contribution in [3.63, 3.8) is 0 Å². The zero-order chi connectivity index (χ0) is 22.8. The number of thiophene rings is 1. The van der Waals surface area contributed by atoms with Crippen LogP contribution in [0.3, 0.4) is 0 Å². The Morgan fingerprint density at radius 1 is 1.22 bits per heavy atom. The molecule has 1 unspecified atom stereocenters. The van der Waals surface area contributed by atoms with Crippen LogP contribution in [-0.2, 0) is 16.1 Å². The number of rotatable bonds is 4. The Morgan fingerprint density at radius 3 is 2.66 bits per heavy atom. The van der Waals surface area contributed by atoms with Gasteiger partial charge in [-0.05, 0) is 47.0 Å². The average molecular weight is 444 g/mol. The number of allylic oxidation sites excluding steroid dienone is 2. The monoisotopic (exact) mass is 444 g/mol. The molecule has 0 spiro atoms. The highest BCUT2D eigenvalue weighted by Gasteiger charge is 2.36. The number of carbonyl (C=O) groups excluding carboxylic acids is 1. The first-order valence-corrected chi connectivity index (χ1v) is 10.5. The maximum atomic E-state index is 13.1. The number of esters is 1. The molecule has 0 fully saturated rings. The maximum absolute atomic E-state index is 13.1. The normalized spacial score (nSPS) is 15.8. The minimum Gasteiger partial charge on any atom is -0.457 e. The van der Waals surface area contributed by atoms with Crippen LogP contribution in [0.25, 0.3) is 10.1 Å². The van der Waals surface area contributed by atoms with Crippen molar-refractivity contribution in [3.8, 4) is 12.1 Å². The first-order chi connectivity index (χ1) is 15.4. The number of hydrogen-bond acceptors (Lipinski definition) is 7. The Kier molecular flexibility index (Phi) is 5.63. The van der Waals surface area contributed by atoms with Crippen molar-refractivity contribution in [1.82, 2.24) is 5.32 Å². The lowest BCUT2D eigenvalue weighted by Crippen LogP contribution is -2.33. The smallest absolute Gasteiger partial charge is 0.339 e. The van der Waals surface area contributed by atoms with Gasteiger partial charge in [-0.3, -0.25) is 0 Å². The molecule has 0 saturated heterocycles. The van der Waals surface area contributed by atoms with Gasteiger partial charge in [0, 0.05) is 5.70 Å². The fraction of sp³-hybridized carbons (Fsp3) is 0.125. The highest BCUT2D eigenvalue weighted by molar-refractivity contribution is 7.17. The van der Waals surface area contributed by atoms with E-state index in [9.17, 15) is 19.7 Å². The number of halogens is 1. The van der Waals surface area contributed by atoms with Gasteiger partial charge >= 0.3 is 5.97 Å². The number of carbonyl (C=O) groups is 1. The summed E-state index contributed by atoms with van der Waals surface area (Å²) in [4.78, 5) is 13.1. The Balaban J connectivity index is 1.76. The lowest BCUT2D eigenvalue weighted by atomic mass is 9.81. The molecule has 0 aliphatic carbocycles. The van der Waals surface area contributed by atoms with Crippen molar-refractivity contribution in [2.45, 2.75) is 19.4 Å². The second-order valence-electron chi connectivity index (χ2n) is 7.22. The zero-order valence-electron chi connectivity index (χ0n) is 17.0. The van der Waals surface area contributed by atoms with Crippen molar-refractivity contribution >= 4 is 27.4 Å². The molecule has 32 heavy (non-hydrogen) atoms. The molecule has 0 radical (unpaired) electrons. The SMILES string of the molecule is CC1=C(C#N)C(c2csc3c(C#N)cccc23)C(C(=O)OCc2ccc(F)cc2)=C(N)N1. The predicted octanol–water partition coefficient (Wildman–Crippen LogP) is 4.31. The van der Waals surface area contributed by atoms with Gasteiger partial charge in [0.1, 0.15) is 24.3 Å². The van der Waals surface area contributed by atoms with Gasteiger partial charge in [-0.25, -0.2) is 9.18 Å². The van der Waals surface area contributed by atoms with E-state index in [1.807, 2.05) is 11.4 Å². The lowest BCUT2D eigenvalue weighted by molar-refractivity contribution is -0.140. The summed E-state index contributed by atoms with van der Waals surface area (Å²) in [6, 6.07) is 15.3. The van der Waals surface area contributed by atoms with E-state index < -0.39 is 11.9 Å². The van der Waals surface area contributed by atoms with Crippen molar-refractivity contribution < 1.29 is 13.9 Å². The van der Waals surface area contributed by atoms with E-state index in [-0.39, 0.29) is 23.8 Å². The van der Waals surface area contributed by atoms with E-state index >= 15 is 0 Å². The fourth-order valence-electron chi connectivity index (χ4n) is 3.74.